The van der Waals surface area contributed by atoms with Crippen molar-refractivity contribution in [2.45, 2.75) is 39.8 Å². The van der Waals surface area contributed by atoms with Gasteiger partial charge in [-0.25, -0.2) is 0 Å². The van der Waals surface area contributed by atoms with Crippen LogP contribution in [0.15, 0.2) is 24.4 Å². The van der Waals surface area contributed by atoms with Crippen LogP contribution in [0.2, 0.25) is 0 Å². The van der Waals surface area contributed by atoms with Gasteiger partial charge in [-0.3, -0.25) is 14.3 Å². The fraction of sp³-hybridized carbons (Fsp3) is 0.450. The van der Waals surface area contributed by atoms with Gasteiger partial charge >= 0.3 is 0 Å². The zero-order valence-electron chi connectivity index (χ0n) is 15.7. The van der Waals surface area contributed by atoms with E-state index in [1.807, 2.05) is 36.7 Å². The summed E-state index contributed by atoms with van der Waals surface area (Å²) in [6.07, 6.45) is 3.57. The third-order valence-corrected chi connectivity index (χ3v) is 5.18. The molecule has 7 nitrogen and oxygen atoms in total. The molecular weight excluding hydrogens is 344 g/mol. The second-order valence-corrected chi connectivity index (χ2v) is 7.12. The Morgan fingerprint density at radius 2 is 2.15 bits per heavy atom. The van der Waals surface area contributed by atoms with Gasteiger partial charge in [-0.2, -0.15) is 5.10 Å². The van der Waals surface area contributed by atoms with Gasteiger partial charge < -0.3 is 15.0 Å². The molecule has 7 heteroatoms. The van der Waals surface area contributed by atoms with E-state index < -0.39 is 0 Å². The summed E-state index contributed by atoms with van der Waals surface area (Å²) in [6.45, 7) is 6.04. The summed E-state index contributed by atoms with van der Waals surface area (Å²) in [6, 6.07) is 5.63. The van der Waals surface area contributed by atoms with Crippen molar-refractivity contribution in [3.05, 3.63) is 41.2 Å². The van der Waals surface area contributed by atoms with Crippen LogP contribution in [0.3, 0.4) is 0 Å². The van der Waals surface area contributed by atoms with E-state index in [4.69, 9.17) is 4.74 Å². The van der Waals surface area contributed by atoms with E-state index in [2.05, 4.69) is 10.4 Å². The largest absolute Gasteiger partial charge is 0.491 e. The molecule has 2 aromatic rings. The number of ether oxygens (including phenoxy) is 1. The maximum Gasteiger partial charge on any atom is 0.257 e. The number of fused-ring (bicyclic) bond motifs is 1. The topological polar surface area (TPSA) is 76.5 Å². The first-order valence-corrected chi connectivity index (χ1v) is 9.45. The zero-order valence-corrected chi connectivity index (χ0v) is 15.7. The summed E-state index contributed by atoms with van der Waals surface area (Å²) in [5.74, 6) is 0.933. The molecule has 2 amide bonds. The Morgan fingerprint density at radius 1 is 1.33 bits per heavy atom. The molecule has 4 rings (SSSR count). The first-order chi connectivity index (χ1) is 13.1. The second-order valence-electron chi connectivity index (χ2n) is 7.12. The van der Waals surface area contributed by atoms with Gasteiger partial charge in [-0.15, -0.1) is 0 Å². The number of aryl methyl sites for hydroxylation is 1. The summed E-state index contributed by atoms with van der Waals surface area (Å²) in [5, 5.41) is 7.24. The van der Waals surface area contributed by atoms with E-state index in [0.29, 0.717) is 25.3 Å². The fourth-order valence-electron chi connectivity index (χ4n) is 3.38. The Morgan fingerprint density at radius 3 is 2.85 bits per heavy atom. The number of carbonyl (C=O) groups excluding carboxylic acids is 2. The maximum atomic E-state index is 13.0. The lowest BCUT2D eigenvalue weighted by Gasteiger charge is -2.20. The molecule has 0 atom stereocenters. The average molecular weight is 368 g/mol. The summed E-state index contributed by atoms with van der Waals surface area (Å²) in [4.78, 5) is 26.8. The number of nitrogens with one attached hydrogen (secondary N) is 1. The van der Waals surface area contributed by atoms with Gasteiger partial charge in [-0.05, 0) is 44.9 Å². The fourth-order valence-corrected chi connectivity index (χ4v) is 3.38. The van der Waals surface area contributed by atoms with Crippen molar-refractivity contribution in [1.29, 1.82) is 0 Å². The molecule has 1 fully saturated rings. The molecule has 27 heavy (non-hydrogen) atoms. The minimum absolute atomic E-state index is 0.0453. The molecular formula is C20H24N4O3. The molecule has 1 aromatic heterocycles. The lowest BCUT2D eigenvalue weighted by molar-refractivity contribution is -0.117. The maximum absolute atomic E-state index is 13.0. The molecule has 0 spiro atoms. The predicted molar refractivity (Wildman–Crippen MR) is 101 cm³/mol. The van der Waals surface area contributed by atoms with Crippen molar-refractivity contribution in [3.8, 4) is 5.75 Å². The molecule has 0 saturated heterocycles. The quantitative estimate of drug-likeness (QED) is 0.900. The van der Waals surface area contributed by atoms with Crippen LogP contribution >= 0.6 is 0 Å². The first kappa shape index (κ1) is 17.6. The molecule has 2 aliphatic rings. The SMILES string of the molecule is CCn1ncc(C(=O)N2CCOc3ccc(NC(=O)C4CC4)cc3C2)c1C. The molecule has 0 radical (unpaired) electrons. The van der Waals surface area contributed by atoms with Crippen LogP contribution < -0.4 is 10.1 Å². The monoisotopic (exact) mass is 368 g/mol. The van der Waals surface area contributed by atoms with Crippen LogP contribution in [-0.2, 0) is 17.9 Å². The van der Waals surface area contributed by atoms with Crippen LogP contribution in [0.5, 0.6) is 5.75 Å². The van der Waals surface area contributed by atoms with Gasteiger partial charge in [0, 0.05) is 36.0 Å². The molecule has 1 aliphatic heterocycles. The third kappa shape index (κ3) is 3.54. The van der Waals surface area contributed by atoms with Crippen LogP contribution in [0, 0.1) is 12.8 Å². The van der Waals surface area contributed by atoms with Crippen LogP contribution in [0.25, 0.3) is 0 Å². The van der Waals surface area contributed by atoms with Gasteiger partial charge in [0.25, 0.3) is 5.91 Å². The molecule has 1 N–H and O–H groups in total. The first-order valence-electron chi connectivity index (χ1n) is 9.45. The number of rotatable bonds is 4. The zero-order chi connectivity index (χ0) is 19.0. The van der Waals surface area contributed by atoms with E-state index in [0.717, 1.165) is 42.1 Å². The van der Waals surface area contributed by atoms with Crippen molar-refractivity contribution >= 4 is 17.5 Å². The predicted octanol–water partition coefficient (Wildman–Crippen LogP) is 2.59. The number of hydrogen-bond donors (Lipinski definition) is 1. The normalized spacial score (nSPS) is 16.3. The number of anilines is 1. The van der Waals surface area contributed by atoms with Gasteiger partial charge in [0.05, 0.1) is 18.3 Å². The number of hydrogen-bond acceptors (Lipinski definition) is 4. The Bertz CT molecular complexity index is 885. The van der Waals surface area contributed by atoms with Crippen molar-refractivity contribution in [3.63, 3.8) is 0 Å². The summed E-state index contributed by atoms with van der Waals surface area (Å²) < 4.78 is 7.63. The van der Waals surface area contributed by atoms with Gasteiger partial charge in [0.1, 0.15) is 12.4 Å². The standard InChI is InChI=1S/C20H24N4O3/c1-3-24-13(2)17(11-21-24)20(26)23-8-9-27-18-7-6-16(10-15(18)12-23)22-19(25)14-4-5-14/h6-7,10-11,14H,3-5,8-9,12H2,1-2H3,(H,22,25). The van der Waals surface area contributed by atoms with Crippen molar-refractivity contribution in [1.82, 2.24) is 14.7 Å². The Kier molecular flexibility index (Phi) is 4.59. The minimum atomic E-state index is -0.0453. The number of benzene rings is 1. The van der Waals surface area contributed by atoms with E-state index >= 15 is 0 Å². The molecule has 0 unspecified atom stereocenters. The van der Waals surface area contributed by atoms with Crippen LogP contribution in [-0.4, -0.2) is 39.6 Å². The molecule has 2 heterocycles. The van der Waals surface area contributed by atoms with Crippen molar-refractivity contribution in [2.24, 2.45) is 5.92 Å². The smallest absolute Gasteiger partial charge is 0.257 e. The lowest BCUT2D eigenvalue weighted by Crippen LogP contribution is -2.32. The number of amides is 2. The number of nitrogens with zero attached hydrogens (tertiary/aromatic N) is 3. The summed E-state index contributed by atoms with van der Waals surface area (Å²) in [5.41, 5.74) is 3.14. The van der Waals surface area contributed by atoms with E-state index in [9.17, 15) is 9.59 Å². The molecule has 1 aliphatic carbocycles. The Labute approximate surface area is 158 Å². The molecule has 142 valence electrons. The highest BCUT2D eigenvalue weighted by atomic mass is 16.5. The van der Waals surface area contributed by atoms with E-state index in [1.54, 1.807) is 11.1 Å². The second kappa shape index (κ2) is 7.06. The highest BCUT2D eigenvalue weighted by Crippen LogP contribution is 2.32. The van der Waals surface area contributed by atoms with Crippen LogP contribution in [0.1, 0.15) is 41.4 Å². The van der Waals surface area contributed by atoms with Gasteiger partial charge in [0.2, 0.25) is 5.91 Å². The van der Waals surface area contributed by atoms with E-state index in [1.165, 1.54) is 0 Å². The lowest BCUT2D eigenvalue weighted by atomic mass is 10.1. The molecule has 0 bridgehead atoms. The highest BCUT2D eigenvalue weighted by Gasteiger charge is 2.30. The van der Waals surface area contributed by atoms with E-state index in [-0.39, 0.29) is 17.7 Å². The minimum Gasteiger partial charge on any atom is -0.491 e. The summed E-state index contributed by atoms with van der Waals surface area (Å²) >= 11 is 0. The molecule has 1 saturated carbocycles. The summed E-state index contributed by atoms with van der Waals surface area (Å²) in [7, 11) is 0. The van der Waals surface area contributed by atoms with Gasteiger partial charge in [0.15, 0.2) is 0 Å². The third-order valence-electron chi connectivity index (χ3n) is 5.18. The van der Waals surface area contributed by atoms with Crippen molar-refractivity contribution in [2.75, 3.05) is 18.5 Å². The average Bonchev–Trinajstić information content (AvgIpc) is 3.46. The number of aromatic nitrogens is 2. The van der Waals surface area contributed by atoms with Crippen LogP contribution in [0.4, 0.5) is 5.69 Å². The Balaban J connectivity index is 1.54. The number of carbonyl (C=O) groups is 2. The van der Waals surface area contributed by atoms with Crippen molar-refractivity contribution < 1.29 is 14.3 Å². The Hall–Kier alpha value is -2.83. The van der Waals surface area contributed by atoms with Gasteiger partial charge in [-0.1, -0.05) is 0 Å². The highest BCUT2D eigenvalue weighted by molar-refractivity contribution is 5.95. The molecule has 1 aromatic carbocycles.